The first-order valence-corrected chi connectivity index (χ1v) is 9.28. The third-order valence-corrected chi connectivity index (χ3v) is 4.84. The Morgan fingerprint density at radius 3 is 2.57 bits per heavy atom. The molecule has 1 N–H and O–H groups in total. The van der Waals surface area contributed by atoms with Crippen molar-refractivity contribution in [3.05, 3.63) is 90.0 Å². The van der Waals surface area contributed by atoms with E-state index in [0.717, 1.165) is 33.6 Å². The van der Waals surface area contributed by atoms with E-state index in [1.807, 2.05) is 53.0 Å². The van der Waals surface area contributed by atoms with Gasteiger partial charge in [-0.05, 0) is 24.6 Å². The number of nitrogens with one attached hydrogen (secondary N) is 1. The number of rotatable bonds is 4. The summed E-state index contributed by atoms with van der Waals surface area (Å²) in [5, 5.41) is 13.3. The highest BCUT2D eigenvalue weighted by molar-refractivity contribution is 5.93. The lowest BCUT2D eigenvalue weighted by Gasteiger charge is -2.11. The van der Waals surface area contributed by atoms with Crippen LogP contribution in [-0.4, -0.2) is 19.8 Å². The van der Waals surface area contributed by atoms with Gasteiger partial charge in [-0.25, -0.2) is 4.98 Å². The van der Waals surface area contributed by atoms with E-state index in [9.17, 15) is 0 Å². The quantitative estimate of drug-likeness (QED) is 0.494. The van der Waals surface area contributed by atoms with Crippen molar-refractivity contribution in [2.24, 2.45) is 0 Å². The zero-order chi connectivity index (χ0) is 18.9. The summed E-state index contributed by atoms with van der Waals surface area (Å²) in [6, 6.07) is 26.7. The fourth-order valence-electron chi connectivity index (χ4n) is 3.49. The predicted octanol–water partition coefficient (Wildman–Crippen LogP) is 4.87. The van der Waals surface area contributed by atoms with Crippen LogP contribution in [0, 0.1) is 6.92 Å². The average Bonchev–Trinajstić information content (AvgIpc) is 3.17. The van der Waals surface area contributed by atoms with Crippen LogP contribution < -0.4 is 5.32 Å². The van der Waals surface area contributed by atoms with E-state index < -0.39 is 0 Å². The molecule has 3 aromatic carbocycles. The van der Waals surface area contributed by atoms with Gasteiger partial charge in [-0.1, -0.05) is 77.5 Å². The van der Waals surface area contributed by atoms with Gasteiger partial charge in [0.15, 0.2) is 5.65 Å². The molecule has 28 heavy (non-hydrogen) atoms. The zero-order valence-electron chi connectivity index (χ0n) is 15.5. The van der Waals surface area contributed by atoms with Crippen LogP contribution in [0.15, 0.2) is 78.9 Å². The summed E-state index contributed by atoms with van der Waals surface area (Å²) in [6.07, 6.45) is 0. The lowest BCUT2D eigenvalue weighted by molar-refractivity contribution is 0.876. The van der Waals surface area contributed by atoms with Crippen LogP contribution in [0.3, 0.4) is 0 Å². The number of fused-ring (bicyclic) bond motifs is 3. The molecule has 0 bridgehead atoms. The standard InChI is InChI=1S/C23H19N5/c1-16-8-7-9-17(14-16)15-24-22-19-12-5-6-13-20(19)28-23(25-22)21(26-27-28)18-10-3-2-4-11-18/h2-14H,15H2,1H3,(H,24,25). The lowest BCUT2D eigenvalue weighted by Crippen LogP contribution is -2.05. The average molecular weight is 365 g/mol. The number of benzene rings is 3. The summed E-state index contributed by atoms with van der Waals surface area (Å²) in [5.41, 5.74) is 5.99. The topological polar surface area (TPSA) is 55.1 Å². The molecule has 0 spiro atoms. The van der Waals surface area contributed by atoms with Crippen LogP contribution in [-0.2, 0) is 6.54 Å². The molecular weight excluding hydrogens is 346 g/mol. The van der Waals surface area contributed by atoms with E-state index in [-0.39, 0.29) is 0 Å². The normalized spacial score (nSPS) is 11.2. The van der Waals surface area contributed by atoms with Gasteiger partial charge in [-0.3, -0.25) is 0 Å². The molecule has 0 aliphatic heterocycles. The second-order valence-electron chi connectivity index (χ2n) is 6.86. The summed E-state index contributed by atoms with van der Waals surface area (Å²) < 4.78 is 1.81. The lowest BCUT2D eigenvalue weighted by atomic mass is 10.1. The SMILES string of the molecule is Cc1cccc(CNc2nc3c(-c4ccccc4)nnn3c3ccccc23)c1. The highest BCUT2D eigenvalue weighted by atomic mass is 15.4. The number of hydrogen-bond donors (Lipinski definition) is 1. The summed E-state index contributed by atoms with van der Waals surface area (Å²) in [6.45, 7) is 2.81. The molecule has 2 aromatic heterocycles. The second kappa shape index (κ2) is 6.78. The molecule has 0 fully saturated rings. The number of nitrogens with zero attached hydrogens (tertiary/aromatic N) is 4. The van der Waals surface area contributed by atoms with Crippen molar-refractivity contribution in [3.63, 3.8) is 0 Å². The van der Waals surface area contributed by atoms with Gasteiger partial charge < -0.3 is 5.32 Å². The summed E-state index contributed by atoms with van der Waals surface area (Å²) in [7, 11) is 0. The van der Waals surface area contributed by atoms with Gasteiger partial charge in [0.05, 0.1) is 5.52 Å². The highest BCUT2D eigenvalue weighted by Gasteiger charge is 2.15. The van der Waals surface area contributed by atoms with Crippen molar-refractivity contribution >= 4 is 22.4 Å². The minimum Gasteiger partial charge on any atom is -0.365 e. The number of hydrogen-bond acceptors (Lipinski definition) is 4. The van der Waals surface area contributed by atoms with Crippen LogP contribution in [0.25, 0.3) is 27.8 Å². The van der Waals surface area contributed by atoms with E-state index in [0.29, 0.717) is 6.54 Å². The van der Waals surface area contributed by atoms with Gasteiger partial charge in [0, 0.05) is 17.5 Å². The molecule has 0 saturated heterocycles. The Balaban J connectivity index is 1.64. The van der Waals surface area contributed by atoms with Crippen molar-refractivity contribution < 1.29 is 0 Å². The number of aromatic nitrogens is 4. The van der Waals surface area contributed by atoms with E-state index in [1.54, 1.807) is 0 Å². The van der Waals surface area contributed by atoms with Gasteiger partial charge in [-0.2, -0.15) is 4.52 Å². The monoisotopic (exact) mass is 365 g/mol. The zero-order valence-corrected chi connectivity index (χ0v) is 15.5. The van der Waals surface area contributed by atoms with Crippen molar-refractivity contribution in [2.45, 2.75) is 13.5 Å². The minimum absolute atomic E-state index is 0.705. The van der Waals surface area contributed by atoms with Gasteiger partial charge in [0.1, 0.15) is 11.5 Å². The van der Waals surface area contributed by atoms with Crippen molar-refractivity contribution in [3.8, 4) is 11.3 Å². The Hall–Kier alpha value is -3.73. The molecule has 5 heteroatoms. The van der Waals surface area contributed by atoms with Crippen molar-refractivity contribution in [2.75, 3.05) is 5.32 Å². The van der Waals surface area contributed by atoms with Gasteiger partial charge in [0.25, 0.3) is 0 Å². The van der Waals surface area contributed by atoms with Crippen LogP contribution in [0.5, 0.6) is 0 Å². The Morgan fingerprint density at radius 1 is 0.893 bits per heavy atom. The minimum atomic E-state index is 0.705. The Bertz CT molecular complexity index is 1270. The van der Waals surface area contributed by atoms with Crippen LogP contribution in [0.2, 0.25) is 0 Å². The predicted molar refractivity (Wildman–Crippen MR) is 112 cm³/mol. The summed E-state index contributed by atoms with van der Waals surface area (Å²) in [4.78, 5) is 4.90. The fraction of sp³-hybridized carbons (Fsp3) is 0.0870. The molecule has 5 aromatic rings. The van der Waals surface area contributed by atoms with Gasteiger partial charge >= 0.3 is 0 Å². The molecule has 0 amide bonds. The van der Waals surface area contributed by atoms with Crippen LogP contribution >= 0.6 is 0 Å². The maximum absolute atomic E-state index is 4.90. The molecule has 2 heterocycles. The first-order chi connectivity index (χ1) is 13.8. The number of aryl methyl sites for hydroxylation is 1. The molecule has 5 rings (SSSR count). The molecule has 0 saturated carbocycles. The van der Waals surface area contributed by atoms with E-state index >= 15 is 0 Å². The Morgan fingerprint density at radius 2 is 1.71 bits per heavy atom. The van der Waals surface area contributed by atoms with Gasteiger partial charge in [-0.15, -0.1) is 5.10 Å². The smallest absolute Gasteiger partial charge is 0.186 e. The first kappa shape index (κ1) is 16.4. The van der Waals surface area contributed by atoms with Crippen LogP contribution in [0.4, 0.5) is 5.82 Å². The molecule has 0 aliphatic rings. The molecule has 0 radical (unpaired) electrons. The van der Waals surface area contributed by atoms with Crippen LogP contribution in [0.1, 0.15) is 11.1 Å². The molecular formula is C23H19N5. The maximum atomic E-state index is 4.90. The third-order valence-electron chi connectivity index (χ3n) is 4.84. The van der Waals surface area contributed by atoms with E-state index in [4.69, 9.17) is 4.98 Å². The maximum Gasteiger partial charge on any atom is 0.186 e. The van der Waals surface area contributed by atoms with E-state index in [2.05, 4.69) is 52.9 Å². The summed E-state index contributed by atoms with van der Waals surface area (Å²) in [5.74, 6) is 0.837. The number of anilines is 1. The van der Waals surface area contributed by atoms with Crippen molar-refractivity contribution in [1.82, 2.24) is 19.8 Å². The first-order valence-electron chi connectivity index (χ1n) is 9.28. The number of para-hydroxylation sites is 1. The molecule has 5 nitrogen and oxygen atoms in total. The van der Waals surface area contributed by atoms with Crippen molar-refractivity contribution in [1.29, 1.82) is 0 Å². The third kappa shape index (κ3) is 2.87. The Kier molecular flexibility index (Phi) is 3.98. The molecule has 0 aliphatic carbocycles. The largest absolute Gasteiger partial charge is 0.365 e. The van der Waals surface area contributed by atoms with E-state index in [1.165, 1.54) is 11.1 Å². The molecule has 0 atom stereocenters. The fourth-order valence-corrected chi connectivity index (χ4v) is 3.49. The summed E-state index contributed by atoms with van der Waals surface area (Å²) >= 11 is 0. The molecule has 0 unspecified atom stereocenters. The van der Waals surface area contributed by atoms with Gasteiger partial charge in [0.2, 0.25) is 0 Å². The molecule has 136 valence electrons. The highest BCUT2D eigenvalue weighted by Crippen LogP contribution is 2.28. The second-order valence-corrected chi connectivity index (χ2v) is 6.86. The Labute approximate surface area is 162 Å².